The van der Waals surface area contributed by atoms with Crippen molar-refractivity contribution in [1.29, 1.82) is 0 Å². The number of hydrogen-bond acceptors (Lipinski definition) is 3. The van der Waals surface area contributed by atoms with Crippen molar-refractivity contribution in [1.82, 2.24) is 10.3 Å². The Hall–Kier alpha value is -0.420. The van der Waals surface area contributed by atoms with Gasteiger partial charge in [-0.05, 0) is 6.42 Å². The van der Waals surface area contributed by atoms with Gasteiger partial charge in [-0.15, -0.1) is 0 Å². The molecule has 0 spiro atoms. The Morgan fingerprint density at radius 3 is 2.79 bits per heavy atom. The first-order chi connectivity index (χ1) is 6.59. The molecule has 0 bridgehead atoms. The van der Waals surface area contributed by atoms with Crippen molar-refractivity contribution in [2.45, 2.75) is 25.0 Å². The van der Waals surface area contributed by atoms with Crippen molar-refractivity contribution in [3.8, 4) is 0 Å². The van der Waals surface area contributed by atoms with Crippen LogP contribution >= 0.6 is 11.8 Å². The van der Waals surface area contributed by atoms with E-state index in [0.29, 0.717) is 4.75 Å². The van der Waals surface area contributed by atoms with Crippen LogP contribution in [-0.4, -0.2) is 41.5 Å². The molecule has 0 aromatic carbocycles. The summed E-state index contributed by atoms with van der Waals surface area (Å²) in [7, 11) is 1.76. The number of hydrogen-bond donors (Lipinski definition) is 2. The average Bonchev–Trinajstić information content (AvgIpc) is 2.30. The fraction of sp³-hybridized carbons (Fsp3) is 0.889. The molecule has 5 heteroatoms. The maximum absolute atomic E-state index is 5.40. The van der Waals surface area contributed by atoms with Gasteiger partial charge in [0.1, 0.15) is 0 Å². The molecular formula is C9H20N4S. The van der Waals surface area contributed by atoms with Crippen LogP contribution in [0.2, 0.25) is 0 Å². The summed E-state index contributed by atoms with van der Waals surface area (Å²) in [6, 6.07) is 0. The van der Waals surface area contributed by atoms with Gasteiger partial charge in [0.15, 0.2) is 0 Å². The third-order valence-corrected chi connectivity index (χ3v) is 3.85. The Balaban J connectivity index is 2.58. The van der Waals surface area contributed by atoms with Crippen LogP contribution in [0.4, 0.5) is 0 Å². The predicted octanol–water partition coefficient (Wildman–Crippen LogP) is 0.653. The van der Waals surface area contributed by atoms with Crippen molar-refractivity contribution >= 4 is 17.7 Å². The van der Waals surface area contributed by atoms with E-state index >= 15 is 0 Å². The van der Waals surface area contributed by atoms with Crippen LogP contribution in [0.25, 0.3) is 0 Å². The molecule has 0 saturated carbocycles. The standard InChI is InChI=1S/C9H20N4S/c1-9(2)4-5-13(6-7-14-9)8(11-3)12-10/h4-7,10H2,1-3H3,(H,11,12). The van der Waals surface area contributed by atoms with E-state index in [2.05, 4.69) is 29.2 Å². The third-order valence-electron chi connectivity index (χ3n) is 2.48. The fourth-order valence-electron chi connectivity index (χ4n) is 1.53. The smallest absolute Gasteiger partial charge is 0.208 e. The van der Waals surface area contributed by atoms with Crippen LogP contribution in [0, 0.1) is 0 Å². The van der Waals surface area contributed by atoms with E-state index in [1.165, 1.54) is 6.42 Å². The molecule has 14 heavy (non-hydrogen) atoms. The highest BCUT2D eigenvalue weighted by atomic mass is 32.2. The normalized spacial score (nSPS) is 23.1. The van der Waals surface area contributed by atoms with Crippen molar-refractivity contribution in [2.24, 2.45) is 10.8 Å². The fourth-order valence-corrected chi connectivity index (χ4v) is 2.63. The highest BCUT2D eigenvalue weighted by molar-refractivity contribution is 8.00. The molecule has 1 fully saturated rings. The molecule has 82 valence electrons. The van der Waals surface area contributed by atoms with Crippen molar-refractivity contribution < 1.29 is 0 Å². The van der Waals surface area contributed by atoms with Crippen LogP contribution in [0.15, 0.2) is 4.99 Å². The third kappa shape index (κ3) is 3.06. The summed E-state index contributed by atoms with van der Waals surface area (Å²) in [6.45, 7) is 6.63. The minimum atomic E-state index is 0.377. The van der Waals surface area contributed by atoms with E-state index in [-0.39, 0.29) is 0 Å². The van der Waals surface area contributed by atoms with E-state index in [9.17, 15) is 0 Å². The Morgan fingerprint density at radius 2 is 2.21 bits per heavy atom. The molecule has 0 aromatic rings. The Labute approximate surface area is 90.3 Å². The van der Waals surface area contributed by atoms with Gasteiger partial charge in [0.05, 0.1) is 0 Å². The number of nitrogens with zero attached hydrogens (tertiary/aromatic N) is 2. The maximum Gasteiger partial charge on any atom is 0.208 e. The molecule has 1 aliphatic rings. The number of rotatable bonds is 0. The molecule has 0 aromatic heterocycles. The molecule has 4 nitrogen and oxygen atoms in total. The molecule has 1 heterocycles. The molecule has 1 rings (SSSR count). The molecule has 0 aliphatic carbocycles. The number of hydrazine groups is 1. The minimum Gasteiger partial charge on any atom is -0.341 e. The van der Waals surface area contributed by atoms with E-state index in [4.69, 9.17) is 5.84 Å². The maximum atomic E-state index is 5.40. The summed E-state index contributed by atoms with van der Waals surface area (Å²) < 4.78 is 0.377. The quantitative estimate of drug-likeness (QED) is 0.270. The second-order valence-corrected chi connectivity index (χ2v) is 5.84. The zero-order valence-corrected chi connectivity index (χ0v) is 10.0. The molecule has 0 radical (unpaired) electrons. The van der Waals surface area contributed by atoms with Crippen LogP contribution in [0.5, 0.6) is 0 Å². The van der Waals surface area contributed by atoms with Crippen LogP contribution in [-0.2, 0) is 0 Å². The molecule has 0 unspecified atom stereocenters. The van der Waals surface area contributed by atoms with Crippen LogP contribution < -0.4 is 11.3 Å². The summed E-state index contributed by atoms with van der Waals surface area (Å²) >= 11 is 2.02. The van der Waals surface area contributed by atoms with Crippen molar-refractivity contribution in [2.75, 3.05) is 25.9 Å². The Kier molecular flexibility index (Phi) is 4.07. The van der Waals surface area contributed by atoms with Crippen LogP contribution in [0.1, 0.15) is 20.3 Å². The Morgan fingerprint density at radius 1 is 1.50 bits per heavy atom. The lowest BCUT2D eigenvalue weighted by Crippen LogP contribution is -2.45. The van der Waals surface area contributed by atoms with E-state index in [1.54, 1.807) is 7.05 Å². The molecule has 1 aliphatic heterocycles. The van der Waals surface area contributed by atoms with E-state index in [0.717, 1.165) is 24.8 Å². The number of guanidine groups is 1. The molecule has 1 saturated heterocycles. The van der Waals surface area contributed by atoms with Crippen molar-refractivity contribution in [3.63, 3.8) is 0 Å². The molecule has 3 N–H and O–H groups in total. The first-order valence-corrected chi connectivity index (χ1v) is 5.90. The molecule has 0 atom stereocenters. The molecule has 0 amide bonds. The summed E-state index contributed by atoms with van der Waals surface area (Å²) in [5.41, 5.74) is 2.64. The van der Waals surface area contributed by atoms with Gasteiger partial charge < -0.3 is 4.90 Å². The number of nitrogens with one attached hydrogen (secondary N) is 1. The van der Waals surface area contributed by atoms with Crippen LogP contribution in [0.3, 0.4) is 0 Å². The second-order valence-electron chi connectivity index (χ2n) is 4.04. The van der Waals surface area contributed by atoms with Gasteiger partial charge in [0, 0.05) is 30.6 Å². The summed E-state index contributed by atoms with van der Waals surface area (Å²) in [5, 5.41) is 0. The number of aliphatic imine (C=N–C) groups is 1. The monoisotopic (exact) mass is 216 g/mol. The summed E-state index contributed by atoms with van der Waals surface area (Å²) in [5.74, 6) is 7.33. The molecular weight excluding hydrogens is 196 g/mol. The van der Waals surface area contributed by atoms with Gasteiger partial charge in [-0.1, -0.05) is 13.8 Å². The topological polar surface area (TPSA) is 53.6 Å². The summed E-state index contributed by atoms with van der Waals surface area (Å²) in [6.07, 6.45) is 1.17. The zero-order chi connectivity index (χ0) is 10.6. The minimum absolute atomic E-state index is 0.377. The zero-order valence-electron chi connectivity index (χ0n) is 9.21. The lowest BCUT2D eigenvalue weighted by atomic mass is 10.1. The lowest BCUT2D eigenvalue weighted by molar-refractivity contribution is 0.409. The highest BCUT2D eigenvalue weighted by Gasteiger charge is 2.24. The number of nitrogens with two attached hydrogens (primary N) is 1. The highest BCUT2D eigenvalue weighted by Crippen LogP contribution is 2.30. The average molecular weight is 216 g/mol. The van der Waals surface area contributed by atoms with Gasteiger partial charge >= 0.3 is 0 Å². The predicted molar refractivity (Wildman–Crippen MR) is 63.4 cm³/mol. The van der Waals surface area contributed by atoms with Crippen molar-refractivity contribution in [3.05, 3.63) is 0 Å². The summed E-state index contributed by atoms with van der Waals surface area (Å²) in [4.78, 5) is 6.33. The first kappa shape index (κ1) is 11.7. The van der Waals surface area contributed by atoms with Gasteiger partial charge in [-0.2, -0.15) is 11.8 Å². The van der Waals surface area contributed by atoms with Gasteiger partial charge in [0.25, 0.3) is 0 Å². The van der Waals surface area contributed by atoms with Gasteiger partial charge in [0.2, 0.25) is 5.96 Å². The number of thioether (sulfide) groups is 1. The van der Waals surface area contributed by atoms with E-state index < -0.39 is 0 Å². The second kappa shape index (κ2) is 4.89. The SMILES string of the molecule is CN=C(NN)N1CCSC(C)(C)CC1. The van der Waals surface area contributed by atoms with Gasteiger partial charge in [-0.25, -0.2) is 5.84 Å². The van der Waals surface area contributed by atoms with Gasteiger partial charge in [-0.3, -0.25) is 10.4 Å². The largest absolute Gasteiger partial charge is 0.341 e. The lowest BCUT2D eigenvalue weighted by Gasteiger charge is -2.24. The van der Waals surface area contributed by atoms with E-state index in [1.807, 2.05) is 11.8 Å². The first-order valence-electron chi connectivity index (χ1n) is 4.91. The Bertz CT molecular complexity index is 215.